The Hall–Kier alpha value is -2.49. The highest BCUT2D eigenvalue weighted by atomic mass is 35.5. The molecule has 1 aromatic heterocycles. The van der Waals surface area contributed by atoms with Gasteiger partial charge in [-0.2, -0.15) is 0 Å². The van der Waals surface area contributed by atoms with E-state index in [0.29, 0.717) is 21.2 Å². The Morgan fingerprint density at radius 3 is 2.60 bits per heavy atom. The van der Waals surface area contributed by atoms with Gasteiger partial charge in [-0.1, -0.05) is 22.9 Å². The first-order valence-corrected chi connectivity index (χ1v) is 12.0. The number of rotatable bonds is 8. The van der Waals surface area contributed by atoms with Crippen molar-refractivity contribution in [3.63, 3.8) is 0 Å². The summed E-state index contributed by atoms with van der Waals surface area (Å²) in [7, 11) is -3.48. The Morgan fingerprint density at radius 2 is 1.90 bits per heavy atom. The van der Waals surface area contributed by atoms with Crippen LogP contribution in [0.1, 0.15) is 30.1 Å². The standard InChI is InChI=1S/C20H19ClN2O5S2/c1-2-28-19(25)13-5-10-16-17(12-13)29-20(22-16)23-18(24)4-3-11-30(26,27)15-8-6-14(21)7-9-15/h5-10,12H,2-4,11H2,1H3,(H,22,23,24). The SMILES string of the molecule is CCOC(=O)c1ccc2nc(NC(=O)CCCS(=O)(=O)c3ccc(Cl)cc3)sc2c1. The van der Waals surface area contributed by atoms with E-state index < -0.39 is 15.8 Å². The zero-order valence-corrected chi connectivity index (χ0v) is 18.4. The molecule has 0 radical (unpaired) electrons. The van der Waals surface area contributed by atoms with Crippen molar-refractivity contribution in [2.24, 2.45) is 0 Å². The van der Waals surface area contributed by atoms with Gasteiger partial charge in [-0.25, -0.2) is 18.2 Å². The minimum absolute atomic E-state index is 0.0385. The highest BCUT2D eigenvalue weighted by Gasteiger charge is 2.16. The first-order valence-electron chi connectivity index (χ1n) is 9.14. The van der Waals surface area contributed by atoms with Crippen molar-refractivity contribution in [3.8, 4) is 0 Å². The van der Waals surface area contributed by atoms with Crippen LogP contribution in [0.3, 0.4) is 0 Å². The zero-order valence-electron chi connectivity index (χ0n) is 16.1. The molecule has 0 atom stereocenters. The van der Waals surface area contributed by atoms with Crippen LogP contribution in [-0.4, -0.2) is 37.6 Å². The van der Waals surface area contributed by atoms with E-state index in [-0.39, 0.29) is 36.0 Å². The molecule has 3 aromatic rings. The Kier molecular flexibility index (Phi) is 7.06. The molecule has 2 aromatic carbocycles. The summed E-state index contributed by atoms with van der Waals surface area (Å²) in [4.78, 5) is 28.5. The topological polar surface area (TPSA) is 102 Å². The second-order valence-corrected chi connectivity index (χ2v) is 9.92. The molecule has 7 nitrogen and oxygen atoms in total. The molecular formula is C20H19ClN2O5S2. The summed E-state index contributed by atoms with van der Waals surface area (Å²) in [5.41, 5.74) is 1.06. The highest BCUT2D eigenvalue weighted by molar-refractivity contribution is 7.91. The van der Waals surface area contributed by atoms with Crippen molar-refractivity contribution in [2.75, 3.05) is 17.7 Å². The molecule has 3 rings (SSSR count). The average Bonchev–Trinajstić information content (AvgIpc) is 3.09. The molecule has 1 amide bonds. The molecule has 0 aliphatic heterocycles. The summed E-state index contributed by atoms with van der Waals surface area (Å²) < 4.78 is 30.3. The first-order chi connectivity index (χ1) is 14.3. The molecule has 0 aliphatic carbocycles. The van der Waals surface area contributed by atoms with Crippen molar-refractivity contribution < 1.29 is 22.7 Å². The molecular weight excluding hydrogens is 448 g/mol. The molecule has 0 spiro atoms. The van der Waals surface area contributed by atoms with E-state index in [1.165, 1.54) is 35.6 Å². The lowest BCUT2D eigenvalue weighted by Crippen LogP contribution is -2.14. The molecule has 10 heteroatoms. The van der Waals surface area contributed by atoms with Crippen LogP contribution in [0, 0.1) is 0 Å². The smallest absolute Gasteiger partial charge is 0.338 e. The van der Waals surface area contributed by atoms with E-state index in [0.717, 1.165) is 4.70 Å². The van der Waals surface area contributed by atoms with Crippen molar-refractivity contribution >= 4 is 60.0 Å². The fourth-order valence-corrected chi connectivity index (χ4v) is 5.04. The van der Waals surface area contributed by atoms with Crippen molar-refractivity contribution in [3.05, 3.63) is 53.1 Å². The summed E-state index contributed by atoms with van der Waals surface area (Å²) >= 11 is 7.01. The Balaban J connectivity index is 1.57. The van der Waals surface area contributed by atoms with Crippen molar-refractivity contribution in [1.29, 1.82) is 0 Å². The van der Waals surface area contributed by atoms with Gasteiger partial charge in [-0.05, 0) is 55.8 Å². The molecule has 0 saturated carbocycles. The summed E-state index contributed by atoms with van der Waals surface area (Å²) in [6.45, 7) is 2.02. The third kappa shape index (κ3) is 5.56. The predicted octanol–water partition coefficient (Wildman–Crippen LogP) is 4.32. The molecule has 1 N–H and O–H groups in total. The number of thiazole rings is 1. The Labute approximate surface area is 182 Å². The number of nitrogens with one attached hydrogen (secondary N) is 1. The second-order valence-electron chi connectivity index (χ2n) is 6.35. The molecule has 0 saturated heterocycles. The van der Waals surface area contributed by atoms with E-state index in [4.69, 9.17) is 16.3 Å². The van der Waals surface area contributed by atoms with E-state index in [1.54, 1.807) is 25.1 Å². The van der Waals surface area contributed by atoms with Crippen LogP contribution in [0.4, 0.5) is 5.13 Å². The minimum Gasteiger partial charge on any atom is -0.462 e. The number of hydrogen-bond donors (Lipinski definition) is 1. The number of esters is 1. The van der Waals surface area contributed by atoms with E-state index in [1.807, 2.05) is 0 Å². The van der Waals surface area contributed by atoms with Gasteiger partial charge in [0.1, 0.15) is 0 Å². The van der Waals surface area contributed by atoms with Gasteiger partial charge >= 0.3 is 5.97 Å². The van der Waals surface area contributed by atoms with Crippen LogP contribution >= 0.6 is 22.9 Å². The lowest BCUT2D eigenvalue weighted by Gasteiger charge is -2.05. The average molecular weight is 467 g/mol. The van der Waals surface area contributed by atoms with Gasteiger partial charge in [-0.3, -0.25) is 4.79 Å². The lowest BCUT2D eigenvalue weighted by molar-refractivity contribution is -0.116. The molecule has 30 heavy (non-hydrogen) atoms. The number of carbonyl (C=O) groups is 2. The van der Waals surface area contributed by atoms with Gasteiger partial charge in [0, 0.05) is 11.4 Å². The molecule has 0 unspecified atom stereocenters. The Morgan fingerprint density at radius 1 is 1.17 bits per heavy atom. The van der Waals surface area contributed by atoms with Gasteiger partial charge < -0.3 is 10.1 Å². The number of halogens is 1. The summed E-state index contributed by atoms with van der Waals surface area (Å²) in [6.07, 6.45) is 0.214. The number of benzene rings is 2. The van der Waals surface area contributed by atoms with Crippen LogP contribution in [0.5, 0.6) is 0 Å². The number of aromatic nitrogens is 1. The molecule has 158 valence electrons. The number of hydrogen-bond acceptors (Lipinski definition) is 7. The summed E-state index contributed by atoms with van der Waals surface area (Å²) in [5.74, 6) is -0.892. The van der Waals surface area contributed by atoms with Crippen LogP contribution in [0.2, 0.25) is 5.02 Å². The van der Waals surface area contributed by atoms with E-state index >= 15 is 0 Å². The fraction of sp³-hybridized carbons (Fsp3) is 0.250. The van der Waals surface area contributed by atoms with Crippen LogP contribution in [-0.2, 0) is 19.4 Å². The maximum Gasteiger partial charge on any atom is 0.338 e. The van der Waals surface area contributed by atoms with Crippen molar-refractivity contribution in [1.82, 2.24) is 4.98 Å². The van der Waals surface area contributed by atoms with Gasteiger partial charge in [0.25, 0.3) is 0 Å². The van der Waals surface area contributed by atoms with Crippen LogP contribution < -0.4 is 5.32 Å². The number of fused-ring (bicyclic) bond motifs is 1. The third-order valence-electron chi connectivity index (χ3n) is 4.14. The maximum atomic E-state index is 12.3. The Bertz CT molecular complexity index is 1170. The number of sulfone groups is 1. The largest absolute Gasteiger partial charge is 0.462 e. The number of anilines is 1. The second kappa shape index (κ2) is 9.55. The van der Waals surface area contributed by atoms with Gasteiger partial charge in [0.05, 0.1) is 33.0 Å². The van der Waals surface area contributed by atoms with Gasteiger partial charge in [0.2, 0.25) is 5.91 Å². The molecule has 0 aliphatic rings. The quantitative estimate of drug-likeness (QED) is 0.496. The molecule has 0 fully saturated rings. The molecule has 0 bridgehead atoms. The highest BCUT2D eigenvalue weighted by Crippen LogP contribution is 2.27. The third-order valence-corrected chi connectivity index (χ3v) is 7.14. The summed E-state index contributed by atoms with van der Waals surface area (Å²) in [6, 6.07) is 10.9. The van der Waals surface area contributed by atoms with E-state index in [9.17, 15) is 18.0 Å². The number of amides is 1. The van der Waals surface area contributed by atoms with Crippen molar-refractivity contribution in [2.45, 2.75) is 24.7 Å². The van der Waals surface area contributed by atoms with Crippen LogP contribution in [0.15, 0.2) is 47.4 Å². The minimum atomic E-state index is -3.48. The zero-order chi connectivity index (χ0) is 21.7. The number of carbonyl (C=O) groups excluding carboxylic acids is 2. The van der Waals surface area contributed by atoms with Gasteiger partial charge in [-0.15, -0.1) is 0 Å². The van der Waals surface area contributed by atoms with Crippen LogP contribution in [0.25, 0.3) is 10.2 Å². The number of ether oxygens (including phenoxy) is 1. The van der Waals surface area contributed by atoms with Gasteiger partial charge in [0.15, 0.2) is 15.0 Å². The fourth-order valence-electron chi connectivity index (χ4n) is 2.68. The lowest BCUT2D eigenvalue weighted by atomic mass is 10.2. The number of nitrogens with zero attached hydrogens (tertiary/aromatic N) is 1. The summed E-state index contributed by atoms with van der Waals surface area (Å²) in [5, 5.41) is 3.52. The first kappa shape index (κ1) is 22.2. The maximum absolute atomic E-state index is 12.3. The normalized spacial score (nSPS) is 11.4. The predicted molar refractivity (Wildman–Crippen MR) is 117 cm³/mol. The van der Waals surface area contributed by atoms with E-state index in [2.05, 4.69) is 10.3 Å². The molecule has 1 heterocycles. The monoisotopic (exact) mass is 466 g/mol.